The van der Waals surface area contributed by atoms with Crippen LogP contribution in [-0.2, 0) is 14.6 Å². The van der Waals surface area contributed by atoms with Gasteiger partial charge in [-0.3, -0.25) is 4.79 Å². The highest BCUT2D eigenvalue weighted by Crippen LogP contribution is 2.30. The van der Waals surface area contributed by atoms with Gasteiger partial charge in [-0.1, -0.05) is 6.07 Å². The quantitative estimate of drug-likeness (QED) is 0.772. The molecule has 0 saturated carbocycles. The average Bonchev–Trinajstić information content (AvgIpc) is 2.78. The predicted molar refractivity (Wildman–Crippen MR) is 90.9 cm³/mol. The molecule has 0 aliphatic carbocycles. The van der Waals surface area contributed by atoms with Crippen LogP contribution in [0.3, 0.4) is 0 Å². The molecule has 1 amide bonds. The number of ether oxygens (including phenoxy) is 2. The third kappa shape index (κ3) is 3.90. The van der Waals surface area contributed by atoms with Crippen molar-refractivity contribution in [1.29, 1.82) is 0 Å². The molecule has 1 aromatic rings. The number of sulfone groups is 1. The van der Waals surface area contributed by atoms with E-state index in [1.807, 2.05) is 18.2 Å². The molecule has 130 valence electrons. The highest BCUT2D eigenvalue weighted by Gasteiger charge is 2.32. The van der Waals surface area contributed by atoms with E-state index in [4.69, 9.17) is 9.47 Å². The number of likely N-dealkylation sites (N-methyl/N-ethyl adjacent to an activating group) is 1. The molecule has 0 radical (unpaired) electrons. The van der Waals surface area contributed by atoms with E-state index < -0.39 is 9.84 Å². The van der Waals surface area contributed by atoms with E-state index in [1.165, 1.54) is 11.0 Å². The number of hydrogen-bond acceptors (Lipinski definition) is 5. The van der Waals surface area contributed by atoms with Gasteiger partial charge in [0.05, 0.1) is 24.7 Å². The van der Waals surface area contributed by atoms with Crippen LogP contribution in [0.1, 0.15) is 18.4 Å². The minimum absolute atomic E-state index is 0.0487. The van der Waals surface area contributed by atoms with Gasteiger partial charge < -0.3 is 14.4 Å². The fourth-order valence-electron chi connectivity index (χ4n) is 2.83. The minimum Gasteiger partial charge on any atom is -0.490 e. The number of carbonyl (C=O) groups is 1. The molecule has 0 N–H and O–H groups in total. The maximum absolute atomic E-state index is 12.2. The van der Waals surface area contributed by atoms with E-state index in [0.29, 0.717) is 31.1 Å². The molecular weight excluding hydrogens is 330 g/mol. The first-order valence-corrected chi connectivity index (χ1v) is 9.82. The van der Waals surface area contributed by atoms with Crippen molar-refractivity contribution in [3.63, 3.8) is 0 Å². The zero-order valence-corrected chi connectivity index (χ0v) is 14.4. The van der Waals surface area contributed by atoms with Gasteiger partial charge in [0.15, 0.2) is 21.3 Å². The number of carbonyl (C=O) groups excluding carboxylic acids is 1. The molecule has 2 aliphatic heterocycles. The second-order valence-electron chi connectivity index (χ2n) is 6.10. The van der Waals surface area contributed by atoms with Crippen LogP contribution in [-0.4, -0.2) is 57.0 Å². The lowest BCUT2D eigenvalue weighted by molar-refractivity contribution is -0.126. The van der Waals surface area contributed by atoms with E-state index in [2.05, 4.69) is 0 Å². The summed E-state index contributed by atoms with van der Waals surface area (Å²) in [5, 5.41) is 0. The average molecular weight is 351 g/mol. The second kappa shape index (κ2) is 6.84. The summed E-state index contributed by atoms with van der Waals surface area (Å²) in [5.41, 5.74) is 0.833. The Hall–Kier alpha value is -2.02. The molecule has 24 heavy (non-hydrogen) atoms. The molecule has 0 aromatic heterocycles. The molecule has 2 heterocycles. The molecule has 1 saturated heterocycles. The van der Waals surface area contributed by atoms with Crippen LogP contribution in [0, 0.1) is 0 Å². The second-order valence-corrected chi connectivity index (χ2v) is 8.32. The third-order valence-corrected chi connectivity index (χ3v) is 6.04. The summed E-state index contributed by atoms with van der Waals surface area (Å²) in [6, 6.07) is 5.29. The topological polar surface area (TPSA) is 72.9 Å². The summed E-state index contributed by atoms with van der Waals surface area (Å²) in [6.45, 7) is 1.24. The zero-order valence-electron chi connectivity index (χ0n) is 13.6. The monoisotopic (exact) mass is 351 g/mol. The molecule has 1 atom stereocenters. The van der Waals surface area contributed by atoms with Crippen LogP contribution >= 0.6 is 0 Å². The molecule has 3 rings (SSSR count). The van der Waals surface area contributed by atoms with Gasteiger partial charge in [-0.15, -0.1) is 0 Å². The van der Waals surface area contributed by atoms with Crippen molar-refractivity contribution in [2.45, 2.75) is 18.9 Å². The minimum atomic E-state index is -3.00. The Labute approximate surface area is 142 Å². The summed E-state index contributed by atoms with van der Waals surface area (Å²) >= 11 is 0. The lowest BCUT2D eigenvalue weighted by Gasteiger charge is -2.21. The number of amides is 1. The van der Waals surface area contributed by atoms with E-state index in [1.54, 1.807) is 13.1 Å². The molecule has 1 fully saturated rings. The van der Waals surface area contributed by atoms with Crippen molar-refractivity contribution in [2.75, 3.05) is 31.8 Å². The van der Waals surface area contributed by atoms with E-state index >= 15 is 0 Å². The summed E-state index contributed by atoms with van der Waals surface area (Å²) < 4.78 is 34.3. The van der Waals surface area contributed by atoms with Gasteiger partial charge in [0.25, 0.3) is 0 Å². The Morgan fingerprint density at radius 3 is 2.71 bits per heavy atom. The Morgan fingerprint density at radius 2 is 2.00 bits per heavy atom. The van der Waals surface area contributed by atoms with Gasteiger partial charge >= 0.3 is 0 Å². The zero-order chi connectivity index (χ0) is 17.2. The molecule has 0 unspecified atom stereocenters. The highest BCUT2D eigenvalue weighted by atomic mass is 32.2. The van der Waals surface area contributed by atoms with Crippen LogP contribution in [0.5, 0.6) is 11.5 Å². The predicted octanol–water partition coefficient (Wildman–Crippen LogP) is 1.51. The summed E-state index contributed by atoms with van der Waals surface area (Å²) in [4.78, 5) is 13.8. The molecule has 0 bridgehead atoms. The number of rotatable bonds is 3. The molecule has 2 aliphatic rings. The van der Waals surface area contributed by atoms with E-state index in [9.17, 15) is 13.2 Å². The summed E-state index contributed by atoms with van der Waals surface area (Å²) in [5.74, 6) is 1.39. The standard InChI is InChI=1S/C17H21NO5S/c1-18(14-7-10-24(20,21)12-14)17(19)6-4-13-3-5-15-16(11-13)23-9-2-8-22-15/h3-6,11,14H,2,7-10,12H2,1H3/b6-4+/t14-/m0/s1. The van der Waals surface area contributed by atoms with Crippen LogP contribution < -0.4 is 9.47 Å². The van der Waals surface area contributed by atoms with Gasteiger partial charge in [-0.05, 0) is 30.2 Å². The van der Waals surface area contributed by atoms with Crippen LogP contribution in [0.15, 0.2) is 24.3 Å². The van der Waals surface area contributed by atoms with Crippen molar-refractivity contribution in [1.82, 2.24) is 4.90 Å². The van der Waals surface area contributed by atoms with Gasteiger partial charge in [0.2, 0.25) is 5.91 Å². The largest absolute Gasteiger partial charge is 0.490 e. The number of hydrogen-bond donors (Lipinski definition) is 0. The smallest absolute Gasteiger partial charge is 0.246 e. The van der Waals surface area contributed by atoms with Gasteiger partial charge in [-0.25, -0.2) is 8.42 Å². The Morgan fingerprint density at radius 1 is 1.25 bits per heavy atom. The SMILES string of the molecule is CN(C(=O)/C=C/c1ccc2c(c1)OCCCO2)[C@H]1CCS(=O)(=O)C1. The first-order chi connectivity index (χ1) is 11.4. The lowest BCUT2D eigenvalue weighted by atomic mass is 10.1. The van der Waals surface area contributed by atoms with Crippen molar-refractivity contribution in [3.8, 4) is 11.5 Å². The first-order valence-electron chi connectivity index (χ1n) is 7.99. The van der Waals surface area contributed by atoms with Gasteiger partial charge in [0, 0.05) is 25.6 Å². The summed E-state index contributed by atoms with van der Waals surface area (Å²) in [7, 11) is -1.36. The molecule has 0 spiro atoms. The van der Waals surface area contributed by atoms with Crippen molar-refractivity contribution in [2.24, 2.45) is 0 Å². The third-order valence-electron chi connectivity index (χ3n) is 4.29. The number of nitrogens with zero attached hydrogens (tertiary/aromatic N) is 1. The fourth-order valence-corrected chi connectivity index (χ4v) is 4.60. The lowest BCUT2D eigenvalue weighted by Crippen LogP contribution is -2.36. The first kappa shape index (κ1) is 16.8. The Balaban J connectivity index is 1.67. The fraction of sp³-hybridized carbons (Fsp3) is 0.471. The Kier molecular flexibility index (Phi) is 4.80. The molecule has 6 nitrogen and oxygen atoms in total. The van der Waals surface area contributed by atoms with Crippen molar-refractivity contribution >= 4 is 21.8 Å². The number of benzene rings is 1. The number of fused-ring (bicyclic) bond motifs is 1. The van der Waals surface area contributed by atoms with Crippen LogP contribution in [0.4, 0.5) is 0 Å². The molecular formula is C17H21NO5S. The van der Waals surface area contributed by atoms with Gasteiger partial charge in [-0.2, -0.15) is 0 Å². The maximum Gasteiger partial charge on any atom is 0.246 e. The molecule has 1 aromatic carbocycles. The van der Waals surface area contributed by atoms with Crippen LogP contribution in [0.2, 0.25) is 0 Å². The normalized spacial score (nSPS) is 22.3. The van der Waals surface area contributed by atoms with Gasteiger partial charge in [0.1, 0.15) is 0 Å². The van der Waals surface area contributed by atoms with Crippen LogP contribution in [0.25, 0.3) is 6.08 Å². The molecule has 7 heteroatoms. The highest BCUT2D eigenvalue weighted by molar-refractivity contribution is 7.91. The maximum atomic E-state index is 12.2. The van der Waals surface area contributed by atoms with Crippen molar-refractivity contribution in [3.05, 3.63) is 29.8 Å². The summed E-state index contributed by atoms with van der Waals surface area (Å²) in [6.07, 6.45) is 4.51. The van der Waals surface area contributed by atoms with E-state index in [0.717, 1.165) is 12.0 Å². The van der Waals surface area contributed by atoms with Crippen molar-refractivity contribution < 1.29 is 22.7 Å². The Bertz CT molecular complexity index is 756. The van der Waals surface area contributed by atoms with E-state index in [-0.39, 0.29) is 23.5 Å².